The highest BCUT2D eigenvalue weighted by Crippen LogP contribution is 2.04. The second-order valence-corrected chi connectivity index (χ2v) is 4.16. The average molecular weight is 185 g/mol. The van der Waals surface area contributed by atoms with Gasteiger partial charge in [0.2, 0.25) is 0 Å². The van der Waals surface area contributed by atoms with Crippen LogP contribution in [0.4, 0.5) is 0 Å². The summed E-state index contributed by atoms with van der Waals surface area (Å²) in [6.07, 6.45) is 1.52. The van der Waals surface area contributed by atoms with Crippen molar-refractivity contribution in [1.82, 2.24) is 5.32 Å². The number of hydrogen-bond acceptors (Lipinski definition) is 3. The molecule has 3 heteroatoms. The number of carbonyl (C=O) groups is 1. The molecule has 0 amide bonds. The van der Waals surface area contributed by atoms with E-state index in [1.165, 1.54) is 0 Å². The van der Waals surface area contributed by atoms with Crippen molar-refractivity contribution >= 4 is 5.97 Å². The molecule has 1 unspecified atom stereocenters. The Morgan fingerprint density at radius 2 is 2.15 bits per heavy atom. The maximum Gasteiger partial charge on any atom is 0.312 e. The molecule has 0 aliphatic heterocycles. The first-order chi connectivity index (χ1) is 5.85. The number of rotatable bonds is 4. The van der Waals surface area contributed by atoms with Crippen LogP contribution in [0.25, 0.3) is 0 Å². The Balaban J connectivity index is 3.80. The second-order valence-electron chi connectivity index (χ2n) is 4.16. The topological polar surface area (TPSA) is 38.3 Å². The standard InChI is InChI=1S/C10H19NO2/c1-6-13-9(12)7-8(2)11-10(3,4)5/h6,8,11H,1,7H2,2-5H3. The molecule has 1 N–H and O–H groups in total. The van der Waals surface area contributed by atoms with Crippen molar-refractivity contribution in [2.24, 2.45) is 0 Å². The van der Waals surface area contributed by atoms with Crippen molar-refractivity contribution in [3.8, 4) is 0 Å². The summed E-state index contributed by atoms with van der Waals surface area (Å²) in [6, 6.07) is 0.118. The van der Waals surface area contributed by atoms with E-state index in [9.17, 15) is 4.79 Å². The van der Waals surface area contributed by atoms with Crippen LogP contribution >= 0.6 is 0 Å². The summed E-state index contributed by atoms with van der Waals surface area (Å²) in [6.45, 7) is 11.4. The predicted octanol–water partition coefficient (Wildman–Crippen LogP) is 1.84. The highest BCUT2D eigenvalue weighted by molar-refractivity contribution is 5.70. The van der Waals surface area contributed by atoms with Gasteiger partial charge in [-0.1, -0.05) is 6.58 Å². The molecule has 0 aromatic rings. The van der Waals surface area contributed by atoms with E-state index in [1.54, 1.807) is 0 Å². The number of esters is 1. The maximum atomic E-state index is 11.0. The quantitative estimate of drug-likeness (QED) is 0.536. The third-order valence-electron chi connectivity index (χ3n) is 1.37. The van der Waals surface area contributed by atoms with Gasteiger partial charge in [-0.15, -0.1) is 0 Å². The first-order valence-corrected chi connectivity index (χ1v) is 4.43. The molecule has 0 radical (unpaired) electrons. The zero-order valence-electron chi connectivity index (χ0n) is 8.89. The number of ether oxygens (including phenoxy) is 1. The number of hydrogen-bond donors (Lipinski definition) is 1. The molecule has 13 heavy (non-hydrogen) atoms. The lowest BCUT2D eigenvalue weighted by molar-refractivity contribution is -0.138. The summed E-state index contributed by atoms with van der Waals surface area (Å²) < 4.78 is 4.61. The minimum atomic E-state index is -0.251. The maximum absolute atomic E-state index is 11.0. The van der Waals surface area contributed by atoms with Crippen LogP contribution in [-0.2, 0) is 9.53 Å². The summed E-state index contributed by atoms with van der Waals surface area (Å²) in [4.78, 5) is 11.0. The van der Waals surface area contributed by atoms with Crippen LogP contribution in [0, 0.1) is 0 Å². The van der Waals surface area contributed by atoms with Gasteiger partial charge in [0.1, 0.15) is 0 Å². The van der Waals surface area contributed by atoms with E-state index in [2.05, 4.69) is 37.4 Å². The minimum Gasteiger partial charge on any atom is -0.435 e. The number of nitrogens with one attached hydrogen (secondary N) is 1. The van der Waals surface area contributed by atoms with Crippen molar-refractivity contribution in [3.05, 3.63) is 12.8 Å². The van der Waals surface area contributed by atoms with Crippen molar-refractivity contribution in [2.75, 3.05) is 0 Å². The van der Waals surface area contributed by atoms with Crippen LogP contribution in [0.3, 0.4) is 0 Å². The van der Waals surface area contributed by atoms with Gasteiger partial charge < -0.3 is 10.1 Å². The lowest BCUT2D eigenvalue weighted by Gasteiger charge is -2.25. The monoisotopic (exact) mass is 185 g/mol. The normalized spacial score (nSPS) is 13.5. The van der Waals surface area contributed by atoms with E-state index < -0.39 is 0 Å². The number of carbonyl (C=O) groups excluding carboxylic acids is 1. The van der Waals surface area contributed by atoms with Crippen LogP contribution in [0.15, 0.2) is 12.8 Å². The molecule has 0 aromatic heterocycles. The summed E-state index contributed by atoms with van der Waals surface area (Å²) in [7, 11) is 0. The Labute approximate surface area is 80.2 Å². The molecule has 0 rings (SSSR count). The second kappa shape index (κ2) is 5.02. The average Bonchev–Trinajstić information content (AvgIpc) is 1.81. The van der Waals surface area contributed by atoms with E-state index in [-0.39, 0.29) is 17.6 Å². The van der Waals surface area contributed by atoms with Crippen LogP contribution < -0.4 is 5.32 Å². The molecule has 0 fully saturated rings. The SMILES string of the molecule is C=COC(=O)CC(C)NC(C)(C)C. The van der Waals surface area contributed by atoms with E-state index in [4.69, 9.17) is 0 Å². The van der Waals surface area contributed by atoms with E-state index in [0.717, 1.165) is 6.26 Å². The first-order valence-electron chi connectivity index (χ1n) is 4.43. The molecule has 0 aromatic carbocycles. The Hall–Kier alpha value is -0.830. The Kier molecular flexibility index (Phi) is 4.70. The van der Waals surface area contributed by atoms with Gasteiger partial charge in [0.15, 0.2) is 0 Å². The Morgan fingerprint density at radius 1 is 1.62 bits per heavy atom. The molecular formula is C10H19NO2. The Morgan fingerprint density at radius 3 is 2.54 bits per heavy atom. The minimum absolute atomic E-state index is 0.0217. The van der Waals surface area contributed by atoms with Gasteiger partial charge in [0.05, 0.1) is 12.7 Å². The first kappa shape index (κ1) is 12.2. The van der Waals surface area contributed by atoms with Crippen LogP contribution in [0.2, 0.25) is 0 Å². The summed E-state index contributed by atoms with van der Waals surface area (Å²) in [5, 5.41) is 3.27. The van der Waals surface area contributed by atoms with Crippen LogP contribution in [0.1, 0.15) is 34.1 Å². The molecule has 0 spiro atoms. The van der Waals surface area contributed by atoms with E-state index in [0.29, 0.717) is 6.42 Å². The van der Waals surface area contributed by atoms with Crippen molar-refractivity contribution in [2.45, 2.75) is 45.7 Å². The van der Waals surface area contributed by atoms with Gasteiger partial charge in [-0.3, -0.25) is 4.79 Å². The van der Waals surface area contributed by atoms with Crippen molar-refractivity contribution < 1.29 is 9.53 Å². The van der Waals surface area contributed by atoms with Gasteiger partial charge in [-0.25, -0.2) is 0 Å². The summed E-state index contributed by atoms with van der Waals surface area (Å²) in [5.41, 5.74) is 0.0217. The van der Waals surface area contributed by atoms with Crippen LogP contribution in [-0.4, -0.2) is 17.6 Å². The molecule has 0 saturated heterocycles. The molecule has 0 heterocycles. The molecule has 0 aliphatic carbocycles. The lowest BCUT2D eigenvalue weighted by atomic mass is 10.1. The highest BCUT2D eigenvalue weighted by atomic mass is 16.5. The van der Waals surface area contributed by atoms with Gasteiger partial charge in [0, 0.05) is 11.6 Å². The molecule has 0 saturated carbocycles. The van der Waals surface area contributed by atoms with Gasteiger partial charge in [0.25, 0.3) is 0 Å². The molecular weight excluding hydrogens is 166 g/mol. The predicted molar refractivity (Wildman–Crippen MR) is 53.3 cm³/mol. The van der Waals surface area contributed by atoms with Gasteiger partial charge in [-0.2, -0.15) is 0 Å². The van der Waals surface area contributed by atoms with Crippen LogP contribution in [0.5, 0.6) is 0 Å². The van der Waals surface area contributed by atoms with Gasteiger partial charge >= 0.3 is 5.97 Å². The molecule has 1 atom stereocenters. The van der Waals surface area contributed by atoms with E-state index >= 15 is 0 Å². The lowest BCUT2D eigenvalue weighted by Crippen LogP contribution is -2.43. The van der Waals surface area contributed by atoms with Crippen molar-refractivity contribution in [3.63, 3.8) is 0 Å². The fraction of sp³-hybridized carbons (Fsp3) is 0.700. The third kappa shape index (κ3) is 7.53. The summed E-state index contributed by atoms with van der Waals surface area (Å²) in [5.74, 6) is -0.251. The van der Waals surface area contributed by atoms with E-state index in [1.807, 2.05) is 6.92 Å². The largest absolute Gasteiger partial charge is 0.435 e. The molecule has 3 nitrogen and oxygen atoms in total. The smallest absolute Gasteiger partial charge is 0.312 e. The zero-order chi connectivity index (χ0) is 10.5. The molecule has 0 aliphatic rings. The molecule has 0 bridgehead atoms. The fourth-order valence-corrected chi connectivity index (χ4v) is 1.18. The van der Waals surface area contributed by atoms with Gasteiger partial charge in [-0.05, 0) is 27.7 Å². The fourth-order valence-electron chi connectivity index (χ4n) is 1.18. The van der Waals surface area contributed by atoms with Crippen molar-refractivity contribution in [1.29, 1.82) is 0 Å². The zero-order valence-corrected chi connectivity index (χ0v) is 8.89. The highest BCUT2D eigenvalue weighted by Gasteiger charge is 2.16. The molecule has 76 valence electrons. The third-order valence-corrected chi connectivity index (χ3v) is 1.37. The Bertz CT molecular complexity index is 182. The summed E-state index contributed by atoms with van der Waals surface area (Å²) >= 11 is 0.